The molecule has 3 nitrogen and oxygen atoms in total. The number of benzene rings is 1. The first-order valence-electron chi connectivity index (χ1n) is 3.04. The van der Waals surface area contributed by atoms with Crippen LogP contribution in [-0.2, 0) is 0 Å². The summed E-state index contributed by atoms with van der Waals surface area (Å²) in [6.45, 7) is 0. The van der Waals surface area contributed by atoms with Crippen LogP contribution in [0.2, 0.25) is 0 Å². The van der Waals surface area contributed by atoms with Crippen LogP contribution in [0.25, 0.3) is 0 Å². The average molecular weight is 138 g/mol. The lowest BCUT2D eigenvalue weighted by Gasteiger charge is -2.00. The van der Waals surface area contributed by atoms with E-state index in [1.807, 2.05) is 19.2 Å². The van der Waals surface area contributed by atoms with E-state index in [1.165, 1.54) is 0 Å². The fraction of sp³-hybridized carbons (Fsp3) is 0.143. The SMILES string of the molecule is CNc1ccc(NO)cc1. The third-order valence-electron chi connectivity index (χ3n) is 1.30. The van der Waals surface area contributed by atoms with Crippen LogP contribution in [0.1, 0.15) is 0 Å². The van der Waals surface area contributed by atoms with Crippen LogP contribution >= 0.6 is 0 Å². The van der Waals surface area contributed by atoms with E-state index in [9.17, 15) is 0 Å². The van der Waals surface area contributed by atoms with E-state index in [-0.39, 0.29) is 0 Å². The summed E-state index contributed by atoms with van der Waals surface area (Å²) < 4.78 is 0. The lowest BCUT2D eigenvalue weighted by Crippen LogP contribution is -1.90. The first-order chi connectivity index (χ1) is 4.86. The lowest BCUT2D eigenvalue weighted by molar-refractivity contribution is 0.389. The summed E-state index contributed by atoms with van der Waals surface area (Å²) in [5.74, 6) is 0. The molecule has 0 radical (unpaired) electrons. The molecule has 0 aromatic heterocycles. The third-order valence-corrected chi connectivity index (χ3v) is 1.30. The predicted octanol–water partition coefficient (Wildman–Crippen LogP) is 1.53. The van der Waals surface area contributed by atoms with Crippen molar-refractivity contribution in [2.75, 3.05) is 17.8 Å². The fourth-order valence-corrected chi connectivity index (χ4v) is 0.711. The Bertz CT molecular complexity index is 172. The molecule has 0 heterocycles. The molecule has 0 fully saturated rings. The van der Waals surface area contributed by atoms with Crippen molar-refractivity contribution in [3.63, 3.8) is 0 Å². The molecule has 0 saturated heterocycles. The van der Waals surface area contributed by atoms with Gasteiger partial charge in [0.25, 0.3) is 0 Å². The second-order valence-electron chi connectivity index (χ2n) is 1.94. The topological polar surface area (TPSA) is 44.3 Å². The van der Waals surface area contributed by atoms with Crippen molar-refractivity contribution in [1.29, 1.82) is 0 Å². The Morgan fingerprint density at radius 1 is 1.10 bits per heavy atom. The van der Waals surface area contributed by atoms with Crippen molar-refractivity contribution in [2.45, 2.75) is 0 Å². The molecule has 3 N–H and O–H groups in total. The van der Waals surface area contributed by atoms with Gasteiger partial charge in [-0.15, -0.1) is 0 Å². The minimum atomic E-state index is 0.694. The van der Waals surface area contributed by atoms with Crippen molar-refractivity contribution in [1.82, 2.24) is 0 Å². The summed E-state index contributed by atoms with van der Waals surface area (Å²) in [4.78, 5) is 0. The van der Waals surface area contributed by atoms with E-state index < -0.39 is 0 Å². The van der Waals surface area contributed by atoms with Crippen molar-refractivity contribution >= 4 is 11.4 Å². The first-order valence-corrected chi connectivity index (χ1v) is 3.04. The Hall–Kier alpha value is -1.22. The molecule has 0 amide bonds. The molecule has 0 atom stereocenters. The monoisotopic (exact) mass is 138 g/mol. The predicted molar refractivity (Wildman–Crippen MR) is 41.4 cm³/mol. The van der Waals surface area contributed by atoms with Crippen molar-refractivity contribution in [3.05, 3.63) is 24.3 Å². The first kappa shape index (κ1) is 6.89. The summed E-state index contributed by atoms with van der Waals surface area (Å²) in [6.07, 6.45) is 0. The minimum absolute atomic E-state index is 0.694. The molecule has 0 saturated carbocycles. The van der Waals surface area contributed by atoms with Gasteiger partial charge in [-0.1, -0.05) is 0 Å². The smallest absolute Gasteiger partial charge is 0.0603 e. The molecule has 0 spiro atoms. The number of nitrogens with one attached hydrogen (secondary N) is 2. The van der Waals surface area contributed by atoms with Gasteiger partial charge in [0.2, 0.25) is 0 Å². The highest BCUT2D eigenvalue weighted by Crippen LogP contribution is 2.11. The quantitative estimate of drug-likeness (QED) is 0.543. The highest BCUT2D eigenvalue weighted by atomic mass is 16.5. The fourth-order valence-electron chi connectivity index (χ4n) is 0.711. The van der Waals surface area contributed by atoms with Crippen LogP contribution in [0, 0.1) is 0 Å². The zero-order chi connectivity index (χ0) is 7.40. The van der Waals surface area contributed by atoms with Gasteiger partial charge in [0.05, 0.1) is 5.69 Å². The van der Waals surface area contributed by atoms with Gasteiger partial charge in [-0.25, -0.2) is 0 Å². The minimum Gasteiger partial charge on any atom is -0.388 e. The molecule has 0 aliphatic rings. The Labute approximate surface area is 59.6 Å². The normalized spacial score (nSPS) is 9.00. The van der Waals surface area contributed by atoms with Gasteiger partial charge in [0, 0.05) is 12.7 Å². The highest BCUT2D eigenvalue weighted by Gasteiger charge is 1.87. The molecule has 0 aliphatic carbocycles. The zero-order valence-corrected chi connectivity index (χ0v) is 5.76. The van der Waals surface area contributed by atoms with Crippen molar-refractivity contribution < 1.29 is 5.21 Å². The molecule has 1 aromatic rings. The molecule has 1 aromatic carbocycles. The Balaban J connectivity index is 2.80. The summed E-state index contributed by atoms with van der Waals surface area (Å²) in [5.41, 5.74) is 3.77. The average Bonchev–Trinajstić information content (AvgIpc) is 2.05. The van der Waals surface area contributed by atoms with Gasteiger partial charge in [0.15, 0.2) is 0 Å². The molecular weight excluding hydrogens is 128 g/mol. The maximum absolute atomic E-state index is 8.43. The van der Waals surface area contributed by atoms with E-state index in [1.54, 1.807) is 12.1 Å². The van der Waals surface area contributed by atoms with Crippen molar-refractivity contribution in [2.24, 2.45) is 0 Å². The van der Waals surface area contributed by atoms with E-state index in [0.29, 0.717) is 5.69 Å². The standard InChI is InChI=1S/C7H10N2O/c1-8-6-2-4-7(9-10)5-3-6/h2-5,8-10H,1H3. The summed E-state index contributed by atoms with van der Waals surface area (Å²) in [7, 11) is 1.85. The third kappa shape index (κ3) is 1.39. The van der Waals surface area contributed by atoms with E-state index in [4.69, 9.17) is 5.21 Å². The molecule has 10 heavy (non-hydrogen) atoms. The zero-order valence-electron chi connectivity index (χ0n) is 5.76. The summed E-state index contributed by atoms with van der Waals surface area (Å²) >= 11 is 0. The Kier molecular flexibility index (Phi) is 2.12. The molecule has 0 bridgehead atoms. The number of anilines is 2. The molecule has 54 valence electrons. The largest absolute Gasteiger partial charge is 0.388 e. The van der Waals surface area contributed by atoms with Crippen LogP contribution in [-0.4, -0.2) is 12.3 Å². The van der Waals surface area contributed by atoms with Gasteiger partial charge >= 0.3 is 0 Å². The number of hydrogen-bond acceptors (Lipinski definition) is 3. The molecular formula is C7H10N2O. The van der Waals surface area contributed by atoms with E-state index in [2.05, 4.69) is 10.8 Å². The Morgan fingerprint density at radius 3 is 2.00 bits per heavy atom. The molecule has 0 unspecified atom stereocenters. The van der Waals surface area contributed by atoms with Gasteiger partial charge in [0.1, 0.15) is 0 Å². The number of rotatable bonds is 2. The molecule has 1 rings (SSSR count). The number of hydrogen-bond donors (Lipinski definition) is 3. The highest BCUT2D eigenvalue weighted by molar-refractivity contribution is 5.52. The van der Waals surface area contributed by atoms with Gasteiger partial charge in [-0.2, -0.15) is 0 Å². The lowest BCUT2D eigenvalue weighted by atomic mass is 10.3. The van der Waals surface area contributed by atoms with Crippen LogP contribution in [0.5, 0.6) is 0 Å². The van der Waals surface area contributed by atoms with Gasteiger partial charge in [-0.3, -0.25) is 10.7 Å². The molecule has 3 heteroatoms. The van der Waals surface area contributed by atoms with Crippen LogP contribution in [0.3, 0.4) is 0 Å². The van der Waals surface area contributed by atoms with Gasteiger partial charge in [-0.05, 0) is 24.3 Å². The Morgan fingerprint density at radius 2 is 1.60 bits per heavy atom. The second-order valence-corrected chi connectivity index (χ2v) is 1.94. The second kappa shape index (κ2) is 3.08. The molecule has 0 aliphatic heterocycles. The van der Waals surface area contributed by atoms with Crippen LogP contribution in [0.15, 0.2) is 24.3 Å². The van der Waals surface area contributed by atoms with Crippen LogP contribution in [0.4, 0.5) is 11.4 Å². The van der Waals surface area contributed by atoms with E-state index in [0.717, 1.165) is 5.69 Å². The van der Waals surface area contributed by atoms with Gasteiger partial charge < -0.3 is 5.32 Å². The summed E-state index contributed by atoms with van der Waals surface area (Å²) in [6, 6.07) is 7.31. The maximum Gasteiger partial charge on any atom is 0.0603 e. The van der Waals surface area contributed by atoms with Crippen molar-refractivity contribution in [3.8, 4) is 0 Å². The summed E-state index contributed by atoms with van der Waals surface area (Å²) in [5, 5.41) is 11.4. The maximum atomic E-state index is 8.43. The van der Waals surface area contributed by atoms with Crippen LogP contribution < -0.4 is 10.8 Å². The van der Waals surface area contributed by atoms with E-state index >= 15 is 0 Å².